The van der Waals surface area contributed by atoms with Gasteiger partial charge in [0.25, 0.3) is 0 Å². The van der Waals surface area contributed by atoms with Crippen molar-refractivity contribution < 1.29 is 22.7 Å². The number of carbonyl (C=O) groups is 1. The molecule has 19 heavy (non-hydrogen) atoms. The van der Waals surface area contributed by atoms with Crippen LogP contribution in [0.1, 0.15) is 0 Å². The lowest BCUT2D eigenvalue weighted by Gasteiger charge is -2.04. The molecule has 0 aliphatic carbocycles. The van der Waals surface area contributed by atoms with Crippen LogP contribution in [0.15, 0.2) is 28.7 Å². The summed E-state index contributed by atoms with van der Waals surface area (Å²) < 4.78 is 41.4. The number of nitrogens with one attached hydrogen (secondary N) is 1. The van der Waals surface area contributed by atoms with Crippen LogP contribution in [-0.2, 0) is 4.79 Å². The van der Waals surface area contributed by atoms with Gasteiger partial charge in [-0.25, -0.2) is 0 Å². The molecule has 0 radical (unpaired) electrons. The molecule has 0 fully saturated rings. The van der Waals surface area contributed by atoms with Gasteiger partial charge in [0.15, 0.2) is 0 Å². The first kappa shape index (κ1) is 15.4. The van der Waals surface area contributed by atoms with E-state index in [2.05, 4.69) is 27.8 Å². The van der Waals surface area contributed by atoms with Gasteiger partial charge in [-0.2, -0.15) is 13.2 Å². The van der Waals surface area contributed by atoms with Crippen molar-refractivity contribution in [3.63, 3.8) is 0 Å². The summed E-state index contributed by atoms with van der Waals surface area (Å²) in [7, 11) is 0. The van der Waals surface area contributed by atoms with E-state index in [0.29, 0.717) is 5.75 Å². The minimum absolute atomic E-state index is 0.0261. The molecule has 0 aromatic heterocycles. The summed E-state index contributed by atoms with van der Waals surface area (Å²) in [5.74, 6) is 3.43. The second-order valence-corrected chi connectivity index (χ2v) is 4.20. The van der Waals surface area contributed by atoms with Gasteiger partial charge in [-0.3, -0.25) is 4.79 Å². The van der Waals surface area contributed by atoms with Crippen LogP contribution in [0, 0.1) is 11.8 Å². The zero-order valence-corrected chi connectivity index (χ0v) is 11.1. The predicted octanol–water partition coefficient (Wildman–Crippen LogP) is 2.51. The lowest BCUT2D eigenvalue weighted by atomic mass is 10.3. The quantitative estimate of drug-likeness (QED) is 0.862. The van der Waals surface area contributed by atoms with Gasteiger partial charge in [0.2, 0.25) is 0 Å². The molecule has 0 heterocycles. The van der Waals surface area contributed by atoms with Crippen molar-refractivity contribution in [3.05, 3.63) is 28.7 Å². The SMILES string of the molecule is O=C(NCC#CCOc1cccc(Br)c1)C(F)(F)F. The van der Waals surface area contributed by atoms with E-state index in [9.17, 15) is 18.0 Å². The first-order chi connectivity index (χ1) is 8.89. The lowest BCUT2D eigenvalue weighted by Crippen LogP contribution is -2.36. The zero-order valence-electron chi connectivity index (χ0n) is 9.55. The fourth-order valence-corrected chi connectivity index (χ4v) is 1.39. The van der Waals surface area contributed by atoms with Crippen molar-refractivity contribution in [1.82, 2.24) is 5.32 Å². The molecule has 7 heteroatoms. The van der Waals surface area contributed by atoms with Gasteiger partial charge in [0, 0.05) is 4.47 Å². The van der Waals surface area contributed by atoms with Crippen molar-refractivity contribution in [1.29, 1.82) is 0 Å². The lowest BCUT2D eigenvalue weighted by molar-refractivity contribution is -0.173. The number of carbonyl (C=O) groups excluding carboxylic acids is 1. The average Bonchev–Trinajstić information content (AvgIpc) is 2.32. The average molecular weight is 336 g/mol. The largest absolute Gasteiger partial charge is 0.481 e. The predicted molar refractivity (Wildman–Crippen MR) is 66.5 cm³/mol. The minimum Gasteiger partial charge on any atom is -0.481 e. The molecule has 0 aliphatic heterocycles. The molecule has 0 bridgehead atoms. The number of hydrogen-bond donors (Lipinski definition) is 1. The first-order valence-corrected chi connectivity index (χ1v) is 5.88. The molecule has 1 amide bonds. The van der Waals surface area contributed by atoms with Crippen LogP contribution in [0.25, 0.3) is 0 Å². The van der Waals surface area contributed by atoms with Crippen molar-refractivity contribution in [3.8, 4) is 17.6 Å². The molecule has 1 aromatic rings. The first-order valence-electron chi connectivity index (χ1n) is 5.08. The molecule has 0 unspecified atom stereocenters. The van der Waals surface area contributed by atoms with E-state index in [0.717, 1.165) is 4.47 Å². The minimum atomic E-state index is -4.88. The summed E-state index contributed by atoms with van der Waals surface area (Å²) in [6.07, 6.45) is -4.88. The van der Waals surface area contributed by atoms with E-state index < -0.39 is 12.1 Å². The van der Waals surface area contributed by atoms with Crippen molar-refractivity contribution in [2.45, 2.75) is 6.18 Å². The third kappa shape index (κ3) is 6.15. The van der Waals surface area contributed by atoms with Crippen LogP contribution in [0.3, 0.4) is 0 Å². The van der Waals surface area contributed by atoms with Crippen LogP contribution in [-0.4, -0.2) is 25.2 Å². The van der Waals surface area contributed by atoms with E-state index in [1.165, 1.54) is 0 Å². The molecule has 1 aromatic carbocycles. The van der Waals surface area contributed by atoms with Crippen LogP contribution >= 0.6 is 15.9 Å². The van der Waals surface area contributed by atoms with Gasteiger partial charge < -0.3 is 10.1 Å². The van der Waals surface area contributed by atoms with Crippen LogP contribution in [0.2, 0.25) is 0 Å². The highest BCUT2D eigenvalue weighted by Crippen LogP contribution is 2.17. The summed E-state index contributed by atoms with van der Waals surface area (Å²) in [5, 5.41) is 1.63. The highest BCUT2D eigenvalue weighted by molar-refractivity contribution is 9.10. The molecule has 1 N–H and O–H groups in total. The Bertz CT molecular complexity index is 506. The number of hydrogen-bond acceptors (Lipinski definition) is 2. The fraction of sp³-hybridized carbons (Fsp3) is 0.250. The van der Waals surface area contributed by atoms with Gasteiger partial charge in [0.1, 0.15) is 12.4 Å². The Balaban J connectivity index is 2.28. The Morgan fingerprint density at radius 3 is 2.74 bits per heavy atom. The summed E-state index contributed by atoms with van der Waals surface area (Å²) >= 11 is 3.26. The van der Waals surface area contributed by atoms with Gasteiger partial charge in [-0.05, 0) is 18.2 Å². The maximum Gasteiger partial charge on any atom is 0.471 e. The van der Waals surface area contributed by atoms with Crippen molar-refractivity contribution >= 4 is 21.8 Å². The van der Waals surface area contributed by atoms with Crippen molar-refractivity contribution in [2.24, 2.45) is 0 Å². The molecule has 1 rings (SSSR count). The number of rotatable bonds is 3. The van der Waals surface area contributed by atoms with Gasteiger partial charge >= 0.3 is 12.1 Å². The van der Waals surface area contributed by atoms with Gasteiger partial charge in [0.05, 0.1) is 6.54 Å². The summed E-state index contributed by atoms with van der Waals surface area (Å²) in [6, 6.07) is 7.05. The number of amides is 1. The summed E-state index contributed by atoms with van der Waals surface area (Å²) in [4.78, 5) is 10.4. The topological polar surface area (TPSA) is 38.3 Å². The molecular formula is C12H9BrF3NO2. The Morgan fingerprint density at radius 1 is 1.37 bits per heavy atom. The Kier molecular flexibility index (Phi) is 5.70. The highest BCUT2D eigenvalue weighted by Gasteiger charge is 2.38. The summed E-state index contributed by atoms with van der Waals surface area (Å²) in [6.45, 7) is -0.349. The Morgan fingerprint density at radius 2 is 2.11 bits per heavy atom. The number of ether oxygens (including phenoxy) is 1. The Hall–Kier alpha value is -1.68. The van der Waals surface area contributed by atoms with Gasteiger partial charge in [-0.15, -0.1) is 0 Å². The van der Waals surface area contributed by atoms with Crippen molar-refractivity contribution in [2.75, 3.05) is 13.2 Å². The summed E-state index contributed by atoms with van der Waals surface area (Å²) in [5.41, 5.74) is 0. The second kappa shape index (κ2) is 7.04. The maximum absolute atomic E-state index is 11.8. The maximum atomic E-state index is 11.8. The number of benzene rings is 1. The number of alkyl halides is 3. The second-order valence-electron chi connectivity index (χ2n) is 3.28. The van der Waals surface area contributed by atoms with E-state index in [-0.39, 0.29) is 13.2 Å². The monoisotopic (exact) mass is 335 g/mol. The van der Waals surface area contributed by atoms with E-state index in [1.807, 2.05) is 6.07 Å². The molecule has 102 valence electrons. The highest BCUT2D eigenvalue weighted by atomic mass is 79.9. The van der Waals surface area contributed by atoms with E-state index >= 15 is 0 Å². The molecule has 3 nitrogen and oxygen atoms in total. The standard InChI is InChI=1S/C12H9BrF3NO2/c13-9-4-3-5-10(8-9)19-7-2-1-6-17-11(18)12(14,15)16/h3-5,8H,6-7H2,(H,17,18). The third-order valence-corrected chi connectivity index (χ3v) is 2.32. The van der Waals surface area contributed by atoms with E-state index in [1.54, 1.807) is 23.5 Å². The van der Waals surface area contributed by atoms with E-state index in [4.69, 9.17) is 4.74 Å². The fourth-order valence-electron chi connectivity index (χ4n) is 1.01. The molecular weight excluding hydrogens is 327 g/mol. The van der Waals surface area contributed by atoms with Crippen LogP contribution < -0.4 is 10.1 Å². The molecule has 0 atom stereocenters. The number of halogens is 4. The van der Waals surface area contributed by atoms with Gasteiger partial charge in [-0.1, -0.05) is 33.8 Å². The molecule has 0 aliphatic rings. The van der Waals surface area contributed by atoms with Crippen LogP contribution in [0.5, 0.6) is 5.75 Å². The smallest absolute Gasteiger partial charge is 0.471 e. The molecule has 0 saturated carbocycles. The Labute approximate surface area is 116 Å². The normalized spacial score (nSPS) is 10.3. The molecule has 0 saturated heterocycles. The zero-order chi connectivity index (χ0) is 14.3. The van der Waals surface area contributed by atoms with Crippen LogP contribution in [0.4, 0.5) is 13.2 Å². The third-order valence-electron chi connectivity index (χ3n) is 1.83. The molecule has 0 spiro atoms.